The molecule has 1 N–H and O–H groups in total. The molecule has 2 unspecified atom stereocenters. The Bertz CT molecular complexity index is 311. The SMILES string of the molecule is CCCn1cc(OC(C)CNC(C)CC)cn1. The zero-order valence-corrected chi connectivity index (χ0v) is 11.4. The molecule has 1 aromatic rings. The number of hydrogen-bond donors (Lipinski definition) is 1. The molecular weight excluding hydrogens is 214 g/mol. The third-order valence-corrected chi connectivity index (χ3v) is 2.77. The van der Waals surface area contributed by atoms with E-state index in [4.69, 9.17) is 4.74 Å². The molecule has 0 spiro atoms. The largest absolute Gasteiger partial charge is 0.486 e. The molecule has 0 aliphatic rings. The molecule has 1 rings (SSSR count). The van der Waals surface area contributed by atoms with Gasteiger partial charge in [-0.05, 0) is 26.7 Å². The van der Waals surface area contributed by atoms with Gasteiger partial charge >= 0.3 is 0 Å². The van der Waals surface area contributed by atoms with E-state index in [1.807, 2.05) is 10.9 Å². The highest BCUT2D eigenvalue weighted by Crippen LogP contribution is 2.10. The number of aryl methyl sites for hydroxylation is 1. The molecule has 0 fully saturated rings. The van der Waals surface area contributed by atoms with Crippen LogP contribution in [0.1, 0.15) is 40.5 Å². The van der Waals surface area contributed by atoms with Crippen molar-refractivity contribution in [2.75, 3.05) is 6.54 Å². The van der Waals surface area contributed by atoms with Crippen molar-refractivity contribution in [3.63, 3.8) is 0 Å². The molecule has 4 nitrogen and oxygen atoms in total. The average molecular weight is 239 g/mol. The predicted octanol–water partition coefficient (Wildman–Crippen LogP) is 2.45. The first-order chi connectivity index (χ1) is 8.15. The number of hydrogen-bond acceptors (Lipinski definition) is 3. The van der Waals surface area contributed by atoms with Gasteiger partial charge < -0.3 is 10.1 Å². The van der Waals surface area contributed by atoms with Gasteiger partial charge in [0.05, 0.1) is 12.4 Å². The van der Waals surface area contributed by atoms with E-state index in [1.54, 1.807) is 6.20 Å². The minimum atomic E-state index is 0.170. The fourth-order valence-electron chi connectivity index (χ4n) is 1.54. The monoisotopic (exact) mass is 239 g/mol. The van der Waals surface area contributed by atoms with Gasteiger partial charge in [0.1, 0.15) is 6.10 Å². The molecular formula is C13H25N3O. The van der Waals surface area contributed by atoms with Crippen molar-refractivity contribution in [3.05, 3.63) is 12.4 Å². The van der Waals surface area contributed by atoms with E-state index in [0.717, 1.165) is 31.7 Å². The Morgan fingerprint density at radius 1 is 1.41 bits per heavy atom. The first kappa shape index (κ1) is 14.0. The Labute approximate surface area is 104 Å². The Hall–Kier alpha value is -1.03. The minimum absolute atomic E-state index is 0.170. The van der Waals surface area contributed by atoms with Gasteiger partial charge in [-0.2, -0.15) is 5.10 Å². The van der Waals surface area contributed by atoms with Crippen LogP contribution < -0.4 is 10.1 Å². The maximum absolute atomic E-state index is 5.79. The Morgan fingerprint density at radius 2 is 2.18 bits per heavy atom. The van der Waals surface area contributed by atoms with E-state index in [0.29, 0.717) is 6.04 Å². The molecule has 0 bridgehead atoms. The Morgan fingerprint density at radius 3 is 2.82 bits per heavy atom. The van der Waals surface area contributed by atoms with Crippen molar-refractivity contribution < 1.29 is 4.74 Å². The van der Waals surface area contributed by atoms with Gasteiger partial charge in [0.15, 0.2) is 5.75 Å². The fraction of sp³-hybridized carbons (Fsp3) is 0.769. The second-order valence-electron chi connectivity index (χ2n) is 4.59. The topological polar surface area (TPSA) is 39.1 Å². The van der Waals surface area contributed by atoms with Crippen molar-refractivity contribution in [1.29, 1.82) is 0 Å². The molecule has 4 heteroatoms. The maximum atomic E-state index is 5.79. The number of aromatic nitrogens is 2. The summed E-state index contributed by atoms with van der Waals surface area (Å²) in [4.78, 5) is 0. The lowest BCUT2D eigenvalue weighted by molar-refractivity contribution is 0.212. The molecule has 0 amide bonds. The standard InChI is InChI=1S/C13H25N3O/c1-5-7-16-10-13(9-15-16)17-12(4)8-14-11(3)6-2/h9-12,14H,5-8H2,1-4H3. The Kier molecular flexibility index (Phi) is 6.05. The van der Waals surface area contributed by atoms with E-state index in [1.165, 1.54) is 0 Å². The van der Waals surface area contributed by atoms with Crippen LogP contribution in [0.25, 0.3) is 0 Å². The second-order valence-corrected chi connectivity index (χ2v) is 4.59. The van der Waals surface area contributed by atoms with Crippen LogP contribution in [-0.4, -0.2) is 28.5 Å². The van der Waals surface area contributed by atoms with Crippen LogP contribution in [0, 0.1) is 0 Å². The van der Waals surface area contributed by atoms with Gasteiger partial charge in [-0.3, -0.25) is 4.68 Å². The molecule has 2 atom stereocenters. The second kappa shape index (κ2) is 7.33. The summed E-state index contributed by atoms with van der Waals surface area (Å²) in [6.07, 6.45) is 6.15. The predicted molar refractivity (Wildman–Crippen MR) is 70.4 cm³/mol. The molecule has 0 aliphatic heterocycles. The zero-order valence-electron chi connectivity index (χ0n) is 11.4. The van der Waals surface area contributed by atoms with E-state index < -0.39 is 0 Å². The summed E-state index contributed by atoms with van der Waals surface area (Å²) in [5, 5.41) is 7.67. The average Bonchev–Trinajstić information content (AvgIpc) is 2.74. The molecule has 1 heterocycles. The summed E-state index contributed by atoms with van der Waals surface area (Å²) in [5.41, 5.74) is 0. The number of rotatable bonds is 8. The van der Waals surface area contributed by atoms with Crippen molar-refractivity contribution in [2.24, 2.45) is 0 Å². The van der Waals surface area contributed by atoms with Crippen molar-refractivity contribution in [2.45, 2.75) is 59.2 Å². The molecule has 0 aliphatic carbocycles. The van der Waals surface area contributed by atoms with Crippen molar-refractivity contribution >= 4 is 0 Å². The highest BCUT2D eigenvalue weighted by molar-refractivity contribution is 5.12. The van der Waals surface area contributed by atoms with Crippen LogP contribution in [-0.2, 0) is 6.54 Å². The van der Waals surface area contributed by atoms with Gasteiger partial charge in [-0.15, -0.1) is 0 Å². The van der Waals surface area contributed by atoms with Crippen LogP contribution in [0.3, 0.4) is 0 Å². The number of ether oxygens (including phenoxy) is 1. The van der Waals surface area contributed by atoms with Gasteiger partial charge in [-0.1, -0.05) is 13.8 Å². The fourth-order valence-corrected chi connectivity index (χ4v) is 1.54. The van der Waals surface area contributed by atoms with E-state index in [2.05, 4.69) is 38.1 Å². The summed E-state index contributed by atoms with van der Waals surface area (Å²) in [5.74, 6) is 0.858. The van der Waals surface area contributed by atoms with Crippen LogP contribution >= 0.6 is 0 Å². The molecule has 17 heavy (non-hydrogen) atoms. The van der Waals surface area contributed by atoms with E-state index in [-0.39, 0.29) is 6.10 Å². The lowest BCUT2D eigenvalue weighted by Crippen LogP contribution is -2.34. The van der Waals surface area contributed by atoms with Crippen molar-refractivity contribution in [3.8, 4) is 5.75 Å². The Balaban J connectivity index is 2.31. The summed E-state index contributed by atoms with van der Waals surface area (Å²) in [6, 6.07) is 0.545. The normalized spacial score (nSPS) is 14.6. The van der Waals surface area contributed by atoms with E-state index in [9.17, 15) is 0 Å². The molecule has 0 saturated carbocycles. The van der Waals surface area contributed by atoms with Crippen molar-refractivity contribution in [1.82, 2.24) is 15.1 Å². The zero-order chi connectivity index (χ0) is 12.7. The molecule has 0 aromatic carbocycles. The first-order valence-electron chi connectivity index (χ1n) is 6.58. The van der Waals surface area contributed by atoms with E-state index >= 15 is 0 Å². The molecule has 1 aromatic heterocycles. The quantitative estimate of drug-likeness (QED) is 0.757. The minimum Gasteiger partial charge on any atom is -0.486 e. The smallest absolute Gasteiger partial charge is 0.157 e. The van der Waals surface area contributed by atoms with Gasteiger partial charge in [-0.25, -0.2) is 0 Å². The number of nitrogens with one attached hydrogen (secondary N) is 1. The summed E-state index contributed by atoms with van der Waals surface area (Å²) < 4.78 is 7.71. The highest BCUT2D eigenvalue weighted by atomic mass is 16.5. The van der Waals surface area contributed by atoms with Gasteiger partial charge in [0, 0.05) is 19.1 Å². The lowest BCUT2D eigenvalue weighted by Gasteiger charge is -2.17. The lowest BCUT2D eigenvalue weighted by atomic mass is 10.2. The highest BCUT2D eigenvalue weighted by Gasteiger charge is 2.07. The van der Waals surface area contributed by atoms with Crippen LogP contribution in [0.15, 0.2) is 12.4 Å². The maximum Gasteiger partial charge on any atom is 0.157 e. The van der Waals surface area contributed by atoms with Crippen LogP contribution in [0.2, 0.25) is 0 Å². The third kappa shape index (κ3) is 5.22. The number of nitrogens with zero attached hydrogens (tertiary/aromatic N) is 2. The molecule has 0 radical (unpaired) electrons. The third-order valence-electron chi connectivity index (χ3n) is 2.77. The summed E-state index contributed by atoms with van der Waals surface area (Å²) in [6.45, 7) is 10.4. The van der Waals surface area contributed by atoms with Crippen LogP contribution in [0.5, 0.6) is 5.75 Å². The summed E-state index contributed by atoms with van der Waals surface area (Å²) in [7, 11) is 0. The molecule has 98 valence electrons. The van der Waals surface area contributed by atoms with Crippen LogP contribution in [0.4, 0.5) is 0 Å². The van der Waals surface area contributed by atoms with Gasteiger partial charge in [0.25, 0.3) is 0 Å². The molecule has 0 saturated heterocycles. The summed E-state index contributed by atoms with van der Waals surface area (Å²) >= 11 is 0. The first-order valence-corrected chi connectivity index (χ1v) is 6.58. The van der Waals surface area contributed by atoms with Gasteiger partial charge in [0.2, 0.25) is 0 Å².